The third kappa shape index (κ3) is 5.82. The molecular formula is C2H2N2S2Si. The lowest BCUT2D eigenvalue weighted by molar-refractivity contribution is 1.77. The van der Waals surface area contributed by atoms with E-state index in [1.54, 1.807) is 0 Å². The highest BCUT2D eigenvalue weighted by atomic mass is 32.1. The highest BCUT2D eigenvalue weighted by molar-refractivity contribution is 7.78. The van der Waals surface area contributed by atoms with Gasteiger partial charge in [0.05, 0.1) is 0 Å². The summed E-state index contributed by atoms with van der Waals surface area (Å²) in [6.07, 6.45) is 0. The van der Waals surface area contributed by atoms with Gasteiger partial charge in [-0.3, -0.25) is 9.32 Å². The lowest BCUT2D eigenvalue weighted by atomic mass is 11.8. The molecule has 0 saturated heterocycles. The van der Waals surface area contributed by atoms with Crippen LogP contribution in [0.4, 0.5) is 0 Å². The first-order valence-electron chi connectivity index (χ1n) is 1.49. The number of thiocarbonyl (C=S) groups is 2. The van der Waals surface area contributed by atoms with Crippen LogP contribution in [-0.2, 0) is 0 Å². The van der Waals surface area contributed by atoms with Crippen molar-refractivity contribution in [2.24, 2.45) is 9.32 Å². The summed E-state index contributed by atoms with van der Waals surface area (Å²) in [7, 11) is -0.769. The van der Waals surface area contributed by atoms with Gasteiger partial charge in [0.25, 0.3) is 9.84 Å². The maximum absolute atomic E-state index is 4.26. The lowest BCUT2D eigenvalue weighted by Crippen LogP contribution is -1.72. The van der Waals surface area contributed by atoms with E-state index in [-0.39, 0.29) is 0 Å². The van der Waals surface area contributed by atoms with Crippen LogP contribution < -0.4 is 0 Å². The average molecular weight is 146 g/mol. The molecule has 0 radical (unpaired) electrons. The molecule has 0 aliphatic rings. The molecule has 0 N–H and O–H groups in total. The quantitative estimate of drug-likeness (QED) is 0.316. The summed E-state index contributed by atoms with van der Waals surface area (Å²) in [4.78, 5) is 0. The zero-order chi connectivity index (χ0) is 5.54. The minimum absolute atomic E-state index is 0.769. The molecule has 0 aromatic heterocycles. The van der Waals surface area contributed by atoms with Gasteiger partial charge in [-0.05, 0) is 24.4 Å². The Kier molecular flexibility index (Phi) is 5.66. The number of rotatable bonds is 2. The Morgan fingerprint density at radius 1 is 1.14 bits per heavy atom. The van der Waals surface area contributed by atoms with Crippen LogP contribution in [0.25, 0.3) is 0 Å². The van der Waals surface area contributed by atoms with Crippen LogP contribution in [0.15, 0.2) is 9.32 Å². The normalized spacial score (nSPS) is 7.43. The first-order chi connectivity index (χ1) is 3.41. The Hall–Kier alpha value is -0.183. The van der Waals surface area contributed by atoms with Crippen LogP contribution in [0.3, 0.4) is 0 Å². The largest absolute Gasteiger partial charge is 0.296 e. The SMILES string of the molecule is S=C=N[SiH2]N=C=S. The van der Waals surface area contributed by atoms with E-state index in [4.69, 9.17) is 0 Å². The van der Waals surface area contributed by atoms with Crippen molar-refractivity contribution in [3.63, 3.8) is 0 Å². The molecule has 0 saturated carbocycles. The first kappa shape index (κ1) is 6.82. The molecule has 0 atom stereocenters. The van der Waals surface area contributed by atoms with E-state index in [9.17, 15) is 0 Å². The Labute approximate surface area is 54.3 Å². The fraction of sp³-hybridized carbons (Fsp3) is 0. The number of hydrogen-bond donors (Lipinski definition) is 0. The highest BCUT2D eigenvalue weighted by Crippen LogP contribution is 1.58. The Bertz CT molecular complexity index is 117. The van der Waals surface area contributed by atoms with E-state index < -0.39 is 9.84 Å². The maximum Gasteiger partial charge on any atom is 0.296 e. The van der Waals surface area contributed by atoms with E-state index in [0.717, 1.165) is 0 Å². The molecule has 0 spiro atoms. The van der Waals surface area contributed by atoms with Crippen molar-refractivity contribution in [3.8, 4) is 0 Å². The standard InChI is InChI=1S/C2H2N2S2Si/c5-1-3-7-4-2-6/h7H2. The fourth-order valence-corrected chi connectivity index (χ4v) is 0.626. The molecule has 0 aliphatic carbocycles. The summed E-state index contributed by atoms with van der Waals surface area (Å²) in [5.41, 5.74) is 0. The maximum atomic E-state index is 4.26. The van der Waals surface area contributed by atoms with Gasteiger partial charge in [0, 0.05) is 10.3 Å². The number of hydrogen-bond acceptors (Lipinski definition) is 4. The van der Waals surface area contributed by atoms with Crippen LogP contribution in [0, 0.1) is 0 Å². The summed E-state index contributed by atoms with van der Waals surface area (Å²) in [5, 5.41) is 4.39. The summed E-state index contributed by atoms with van der Waals surface area (Å²) in [6, 6.07) is 0. The van der Waals surface area contributed by atoms with Crippen LogP contribution in [0.1, 0.15) is 0 Å². The van der Waals surface area contributed by atoms with Crippen molar-refractivity contribution in [1.82, 2.24) is 0 Å². The third-order valence-electron chi connectivity index (χ3n) is 0.271. The molecule has 2 nitrogen and oxygen atoms in total. The Balaban J connectivity index is 3.33. The van der Waals surface area contributed by atoms with Gasteiger partial charge in [0.2, 0.25) is 0 Å². The van der Waals surface area contributed by atoms with Gasteiger partial charge in [-0.25, -0.2) is 0 Å². The second kappa shape index (κ2) is 5.82. The summed E-state index contributed by atoms with van der Waals surface area (Å²) in [5.74, 6) is 0. The van der Waals surface area contributed by atoms with E-state index in [2.05, 4.69) is 44.1 Å². The molecule has 36 valence electrons. The van der Waals surface area contributed by atoms with Gasteiger partial charge in [-0.2, -0.15) is 0 Å². The summed E-state index contributed by atoms with van der Waals surface area (Å²) in [6.45, 7) is 0. The number of isothiocyanates is 2. The predicted octanol–water partition coefficient (Wildman–Crippen LogP) is 0.191. The predicted molar refractivity (Wildman–Crippen MR) is 38.6 cm³/mol. The molecule has 0 unspecified atom stereocenters. The van der Waals surface area contributed by atoms with Crippen molar-refractivity contribution in [1.29, 1.82) is 0 Å². The first-order valence-corrected chi connectivity index (χ1v) is 3.57. The van der Waals surface area contributed by atoms with E-state index >= 15 is 0 Å². The monoisotopic (exact) mass is 146 g/mol. The van der Waals surface area contributed by atoms with Crippen LogP contribution >= 0.6 is 24.4 Å². The molecule has 0 amide bonds. The van der Waals surface area contributed by atoms with Crippen molar-refractivity contribution >= 4 is 44.6 Å². The van der Waals surface area contributed by atoms with Crippen molar-refractivity contribution < 1.29 is 0 Å². The van der Waals surface area contributed by atoms with Gasteiger partial charge >= 0.3 is 0 Å². The van der Waals surface area contributed by atoms with E-state index in [1.165, 1.54) is 0 Å². The molecular weight excluding hydrogens is 144 g/mol. The van der Waals surface area contributed by atoms with Crippen molar-refractivity contribution in [3.05, 3.63) is 0 Å². The van der Waals surface area contributed by atoms with Crippen LogP contribution in [-0.4, -0.2) is 20.2 Å². The zero-order valence-corrected chi connectivity index (χ0v) is 6.47. The third-order valence-corrected chi connectivity index (χ3v) is 1.59. The summed E-state index contributed by atoms with van der Waals surface area (Å²) < 4.78 is 7.14. The average Bonchev–Trinajstić information content (AvgIpc) is 1.69. The van der Waals surface area contributed by atoms with Gasteiger partial charge in [0.15, 0.2) is 0 Å². The second-order valence-corrected chi connectivity index (χ2v) is 1.92. The second-order valence-electron chi connectivity index (χ2n) is 0.640. The molecule has 0 aromatic carbocycles. The molecule has 0 heterocycles. The minimum atomic E-state index is -0.769. The Morgan fingerprint density at radius 2 is 1.57 bits per heavy atom. The number of nitrogens with zero attached hydrogens (tertiary/aromatic N) is 2. The molecule has 0 rings (SSSR count). The molecule has 0 aromatic rings. The van der Waals surface area contributed by atoms with E-state index in [1.807, 2.05) is 0 Å². The Morgan fingerprint density at radius 3 is 1.86 bits per heavy atom. The minimum Gasteiger partial charge on any atom is -0.252 e. The van der Waals surface area contributed by atoms with Gasteiger partial charge in [0.1, 0.15) is 0 Å². The van der Waals surface area contributed by atoms with Crippen LogP contribution in [0.5, 0.6) is 0 Å². The van der Waals surface area contributed by atoms with Gasteiger partial charge in [-0.1, -0.05) is 0 Å². The zero-order valence-electron chi connectivity index (χ0n) is 3.42. The van der Waals surface area contributed by atoms with Crippen molar-refractivity contribution in [2.75, 3.05) is 0 Å². The topological polar surface area (TPSA) is 24.7 Å². The van der Waals surface area contributed by atoms with Gasteiger partial charge < -0.3 is 0 Å². The molecule has 0 aliphatic heterocycles. The van der Waals surface area contributed by atoms with Crippen molar-refractivity contribution in [2.45, 2.75) is 0 Å². The van der Waals surface area contributed by atoms with Crippen LogP contribution in [0.2, 0.25) is 0 Å². The van der Waals surface area contributed by atoms with Gasteiger partial charge in [-0.15, -0.1) is 0 Å². The van der Waals surface area contributed by atoms with E-state index in [0.29, 0.717) is 0 Å². The summed E-state index contributed by atoms with van der Waals surface area (Å²) >= 11 is 8.52. The lowest BCUT2D eigenvalue weighted by Gasteiger charge is -1.64. The smallest absolute Gasteiger partial charge is 0.252 e. The molecule has 0 bridgehead atoms. The molecule has 7 heavy (non-hydrogen) atoms. The molecule has 5 heteroatoms. The fourth-order valence-electron chi connectivity index (χ4n) is 0.0931. The molecule has 0 fully saturated rings. The highest BCUT2D eigenvalue weighted by Gasteiger charge is 1.64.